The standard InChI is InChI=1S/C18H8F3NO4/c19-12-6-9(7-13(20)16(12)21)17-11-4-3-10(8-15(11)26-22-17)25-18(23)14-2-1-5-24-14/h1-8H. The Morgan fingerprint density at radius 1 is 1.04 bits per heavy atom. The molecule has 0 bridgehead atoms. The molecule has 8 heteroatoms. The Balaban J connectivity index is 1.69. The van der Waals surface area contributed by atoms with E-state index in [0.29, 0.717) is 5.39 Å². The van der Waals surface area contributed by atoms with Gasteiger partial charge in [0.2, 0.25) is 5.76 Å². The quantitative estimate of drug-likeness (QED) is 0.301. The summed E-state index contributed by atoms with van der Waals surface area (Å²) in [5, 5.41) is 4.17. The first-order chi connectivity index (χ1) is 12.5. The lowest BCUT2D eigenvalue weighted by atomic mass is 10.1. The Morgan fingerprint density at radius 3 is 2.50 bits per heavy atom. The highest BCUT2D eigenvalue weighted by Gasteiger charge is 2.18. The van der Waals surface area contributed by atoms with Crippen molar-refractivity contribution in [1.82, 2.24) is 5.16 Å². The van der Waals surface area contributed by atoms with Crippen molar-refractivity contribution >= 4 is 16.9 Å². The molecule has 0 radical (unpaired) electrons. The topological polar surface area (TPSA) is 65.5 Å². The zero-order valence-electron chi connectivity index (χ0n) is 12.8. The van der Waals surface area contributed by atoms with E-state index >= 15 is 0 Å². The van der Waals surface area contributed by atoms with E-state index in [0.717, 1.165) is 12.1 Å². The van der Waals surface area contributed by atoms with Crippen LogP contribution in [0.2, 0.25) is 0 Å². The fourth-order valence-corrected chi connectivity index (χ4v) is 2.43. The van der Waals surface area contributed by atoms with Crippen LogP contribution in [-0.4, -0.2) is 11.1 Å². The minimum Gasteiger partial charge on any atom is -0.457 e. The highest BCUT2D eigenvalue weighted by Crippen LogP contribution is 2.32. The van der Waals surface area contributed by atoms with Crippen molar-refractivity contribution in [3.8, 4) is 17.0 Å². The van der Waals surface area contributed by atoms with E-state index < -0.39 is 23.4 Å². The smallest absolute Gasteiger partial charge is 0.379 e. The molecular weight excluding hydrogens is 351 g/mol. The average Bonchev–Trinajstić information content (AvgIpc) is 3.28. The van der Waals surface area contributed by atoms with E-state index in [1.807, 2.05) is 0 Å². The predicted molar refractivity (Wildman–Crippen MR) is 83.0 cm³/mol. The average molecular weight is 359 g/mol. The second kappa shape index (κ2) is 6.07. The fourth-order valence-electron chi connectivity index (χ4n) is 2.43. The molecule has 0 saturated carbocycles. The number of halogens is 3. The van der Waals surface area contributed by atoms with Crippen molar-refractivity contribution in [1.29, 1.82) is 0 Å². The van der Waals surface area contributed by atoms with Crippen LogP contribution in [0.5, 0.6) is 5.75 Å². The van der Waals surface area contributed by atoms with Crippen LogP contribution in [0.25, 0.3) is 22.2 Å². The number of aromatic nitrogens is 1. The molecule has 130 valence electrons. The van der Waals surface area contributed by atoms with Gasteiger partial charge in [0.15, 0.2) is 23.0 Å². The Hall–Kier alpha value is -3.55. The van der Waals surface area contributed by atoms with Crippen molar-refractivity contribution in [2.45, 2.75) is 0 Å². The molecule has 0 aliphatic heterocycles. The maximum absolute atomic E-state index is 13.4. The molecule has 0 atom stereocenters. The SMILES string of the molecule is O=C(Oc1ccc2c(-c3cc(F)c(F)c(F)c3)noc2c1)c1ccco1. The number of hydrogen-bond donors (Lipinski definition) is 0. The number of furan rings is 1. The van der Waals surface area contributed by atoms with E-state index in [-0.39, 0.29) is 28.4 Å². The second-order valence-electron chi connectivity index (χ2n) is 5.31. The molecule has 2 aromatic carbocycles. The van der Waals surface area contributed by atoms with Crippen molar-refractivity contribution < 1.29 is 31.6 Å². The highest BCUT2D eigenvalue weighted by molar-refractivity contribution is 5.93. The summed E-state index contributed by atoms with van der Waals surface area (Å²) in [6.07, 6.45) is 1.34. The Kier molecular flexibility index (Phi) is 3.72. The number of carbonyl (C=O) groups excluding carboxylic acids is 1. The van der Waals surface area contributed by atoms with Crippen molar-refractivity contribution in [2.24, 2.45) is 0 Å². The first kappa shape index (κ1) is 15.9. The molecule has 0 saturated heterocycles. The molecule has 5 nitrogen and oxygen atoms in total. The van der Waals surface area contributed by atoms with Crippen LogP contribution in [0.1, 0.15) is 10.6 Å². The zero-order chi connectivity index (χ0) is 18.3. The first-order valence-corrected chi connectivity index (χ1v) is 7.33. The fraction of sp³-hybridized carbons (Fsp3) is 0. The van der Waals surface area contributed by atoms with Gasteiger partial charge in [-0.1, -0.05) is 5.16 Å². The van der Waals surface area contributed by atoms with Crippen LogP contribution in [0.15, 0.2) is 57.7 Å². The second-order valence-corrected chi connectivity index (χ2v) is 5.31. The maximum Gasteiger partial charge on any atom is 0.379 e. The number of fused-ring (bicyclic) bond motifs is 1. The van der Waals surface area contributed by atoms with Gasteiger partial charge in [0.1, 0.15) is 11.4 Å². The lowest BCUT2D eigenvalue weighted by Crippen LogP contribution is -2.06. The number of esters is 1. The van der Waals surface area contributed by atoms with E-state index in [1.165, 1.54) is 30.5 Å². The van der Waals surface area contributed by atoms with Crippen LogP contribution in [-0.2, 0) is 0 Å². The van der Waals surface area contributed by atoms with Crippen molar-refractivity contribution in [2.75, 3.05) is 0 Å². The molecule has 0 N–H and O–H groups in total. The molecule has 2 heterocycles. The molecule has 4 rings (SSSR count). The molecule has 26 heavy (non-hydrogen) atoms. The Morgan fingerprint density at radius 2 is 1.81 bits per heavy atom. The van der Waals surface area contributed by atoms with Crippen LogP contribution in [0.4, 0.5) is 13.2 Å². The van der Waals surface area contributed by atoms with Gasteiger partial charge in [0.05, 0.1) is 6.26 Å². The molecule has 0 aliphatic carbocycles. The summed E-state index contributed by atoms with van der Waals surface area (Å²) in [5.41, 5.74) is 0.358. The largest absolute Gasteiger partial charge is 0.457 e. The lowest BCUT2D eigenvalue weighted by Gasteiger charge is -2.02. The monoisotopic (exact) mass is 359 g/mol. The molecule has 0 spiro atoms. The van der Waals surface area contributed by atoms with Gasteiger partial charge in [0.25, 0.3) is 0 Å². The van der Waals surface area contributed by atoms with Gasteiger partial charge in [0, 0.05) is 17.0 Å². The third-order valence-electron chi connectivity index (χ3n) is 3.63. The number of ether oxygens (including phenoxy) is 1. The summed E-state index contributed by atoms with van der Waals surface area (Å²) in [4.78, 5) is 11.9. The van der Waals surface area contributed by atoms with Gasteiger partial charge in [-0.2, -0.15) is 0 Å². The normalized spacial score (nSPS) is 11.0. The Bertz CT molecular complexity index is 1100. The van der Waals surface area contributed by atoms with Gasteiger partial charge < -0.3 is 13.7 Å². The third-order valence-corrected chi connectivity index (χ3v) is 3.63. The third kappa shape index (κ3) is 2.71. The molecule has 0 fully saturated rings. The minimum atomic E-state index is -1.56. The Labute approximate surface area is 143 Å². The molecule has 0 amide bonds. The van der Waals surface area contributed by atoms with E-state index in [4.69, 9.17) is 13.7 Å². The predicted octanol–water partition coefficient (Wildman–Crippen LogP) is 4.72. The lowest BCUT2D eigenvalue weighted by molar-refractivity contribution is 0.0701. The molecule has 2 aromatic heterocycles. The van der Waals surface area contributed by atoms with E-state index in [2.05, 4.69) is 5.16 Å². The molecule has 4 aromatic rings. The number of rotatable bonds is 3. The van der Waals surface area contributed by atoms with Crippen molar-refractivity contribution in [3.63, 3.8) is 0 Å². The van der Waals surface area contributed by atoms with Gasteiger partial charge in [-0.15, -0.1) is 0 Å². The summed E-state index contributed by atoms with van der Waals surface area (Å²) >= 11 is 0. The van der Waals surface area contributed by atoms with Gasteiger partial charge >= 0.3 is 5.97 Å². The van der Waals surface area contributed by atoms with Crippen LogP contribution in [0, 0.1) is 17.5 Å². The summed E-state index contributed by atoms with van der Waals surface area (Å²) in [6.45, 7) is 0. The number of carbonyl (C=O) groups is 1. The molecular formula is C18H8F3NO4. The summed E-state index contributed by atoms with van der Waals surface area (Å²) < 4.78 is 55.2. The summed E-state index contributed by atoms with van der Waals surface area (Å²) in [5.74, 6) is -4.73. The zero-order valence-corrected chi connectivity index (χ0v) is 12.8. The number of benzene rings is 2. The van der Waals surface area contributed by atoms with Gasteiger partial charge in [-0.25, -0.2) is 18.0 Å². The maximum atomic E-state index is 13.4. The molecule has 0 unspecified atom stereocenters. The van der Waals surface area contributed by atoms with Crippen LogP contribution < -0.4 is 4.74 Å². The van der Waals surface area contributed by atoms with Gasteiger partial charge in [-0.05, 0) is 36.4 Å². The van der Waals surface area contributed by atoms with E-state index in [1.54, 1.807) is 6.07 Å². The first-order valence-electron chi connectivity index (χ1n) is 7.33. The van der Waals surface area contributed by atoms with Crippen LogP contribution >= 0.6 is 0 Å². The number of hydrogen-bond acceptors (Lipinski definition) is 5. The van der Waals surface area contributed by atoms with Crippen molar-refractivity contribution in [3.05, 3.63) is 71.9 Å². The minimum absolute atomic E-state index is 0.0143. The molecule has 0 aliphatic rings. The van der Waals surface area contributed by atoms with E-state index in [9.17, 15) is 18.0 Å². The van der Waals surface area contributed by atoms with Crippen LogP contribution in [0.3, 0.4) is 0 Å². The summed E-state index contributed by atoms with van der Waals surface area (Å²) in [6, 6.07) is 8.99. The highest BCUT2D eigenvalue weighted by atomic mass is 19.2. The van der Waals surface area contributed by atoms with Gasteiger partial charge in [-0.3, -0.25) is 0 Å². The summed E-state index contributed by atoms with van der Waals surface area (Å²) in [7, 11) is 0. The number of nitrogens with zero attached hydrogens (tertiary/aromatic N) is 1.